The third-order valence-electron chi connectivity index (χ3n) is 7.35. The highest BCUT2D eigenvalue weighted by Gasteiger charge is 2.42. The summed E-state index contributed by atoms with van der Waals surface area (Å²) in [5, 5.41) is 16.1. The van der Waals surface area contributed by atoms with Crippen LogP contribution in [0.4, 0.5) is 11.4 Å². The third kappa shape index (κ3) is 4.74. The number of ether oxygens (including phenoxy) is 1. The first-order valence-electron chi connectivity index (χ1n) is 12.8. The Morgan fingerprint density at radius 1 is 1.08 bits per heavy atom. The van der Waals surface area contributed by atoms with Gasteiger partial charge < -0.3 is 19.5 Å². The molecule has 0 aliphatic carbocycles. The van der Waals surface area contributed by atoms with E-state index in [4.69, 9.17) is 17.0 Å². The summed E-state index contributed by atoms with van der Waals surface area (Å²) in [5.41, 5.74) is 6.33. The first-order chi connectivity index (χ1) is 18.7. The zero-order chi connectivity index (χ0) is 27.8. The average Bonchev–Trinajstić information content (AvgIpc) is 3.43. The molecule has 4 aromatic rings. The second-order valence-electron chi connectivity index (χ2n) is 10.0. The number of thiocarbonyl (C=S) groups is 1. The van der Waals surface area contributed by atoms with Crippen LogP contribution in [0.1, 0.15) is 60.1 Å². The van der Waals surface area contributed by atoms with E-state index in [1.807, 2.05) is 36.6 Å². The fourth-order valence-corrected chi connectivity index (χ4v) is 5.74. The predicted molar refractivity (Wildman–Crippen MR) is 157 cm³/mol. The number of hydrogen-bond acceptors (Lipinski definition) is 5. The Hall–Kier alpha value is -4.24. The lowest BCUT2D eigenvalue weighted by Gasteiger charge is -2.28. The first kappa shape index (κ1) is 26.4. The van der Waals surface area contributed by atoms with Crippen molar-refractivity contribution >= 4 is 28.7 Å². The number of methoxy groups -OCH3 is 1. The number of aromatic nitrogens is 2. The van der Waals surface area contributed by atoms with Gasteiger partial charge in [-0.2, -0.15) is 0 Å². The van der Waals surface area contributed by atoms with Crippen LogP contribution >= 0.6 is 12.2 Å². The highest BCUT2D eigenvalue weighted by molar-refractivity contribution is 7.80. The summed E-state index contributed by atoms with van der Waals surface area (Å²) < 4.78 is 7.19. The number of nitro groups is 1. The fraction of sp³-hybridized carbons (Fsp3) is 0.267. The molecule has 1 fully saturated rings. The maximum atomic E-state index is 12.0. The zero-order valence-electron chi connectivity index (χ0n) is 22.6. The average molecular weight is 542 g/mol. The topological polar surface area (TPSA) is 85.5 Å². The molecule has 5 rings (SSSR count). The van der Waals surface area contributed by atoms with Crippen LogP contribution in [0.25, 0.3) is 5.69 Å². The number of anilines is 1. The molecule has 39 heavy (non-hydrogen) atoms. The van der Waals surface area contributed by atoms with E-state index in [1.165, 1.54) is 18.7 Å². The lowest BCUT2D eigenvalue weighted by Crippen LogP contribution is -2.29. The summed E-state index contributed by atoms with van der Waals surface area (Å²) in [6.45, 7) is 8.30. The van der Waals surface area contributed by atoms with Crippen LogP contribution in [0.5, 0.6) is 5.75 Å². The minimum atomic E-state index is -0.373. The van der Waals surface area contributed by atoms with Gasteiger partial charge in [0.25, 0.3) is 5.69 Å². The molecule has 9 heteroatoms. The molecule has 1 saturated heterocycles. The second-order valence-corrected chi connectivity index (χ2v) is 10.4. The third-order valence-corrected chi connectivity index (χ3v) is 7.66. The van der Waals surface area contributed by atoms with Gasteiger partial charge in [-0.3, -0.25) is 15.1 Å². The number of benzene rings is 2. The van der Waals surface area contributed by atoms with Crippen molar-refractivity contribution in [3.05, 3.63) is 111 Å². The number of nitrogens with one attached hydrogen (secondary N) is 1. The van der Waals surface area contributed by atoms with Gasteiger partial charge in [-0.15, -0.1) is 0 Å². The molecule has 0 radical (unpaired) electrons. The molecule has 200 valence electrons. The summed E-state index contributed by atoms with van der Waals surface area (Å²) in [7, 11) is 1.50. The fourth-order valence-electron chi connectivity index (χ4n) is 5.39. The normalized spacial score (nSPS) is 17.0. The molecule has 0 bridgehead atoms. The lowest BCUT2D eigenvalue weighted by atomic mass is 9.96. The minimum absolute atomic E-state index is 0.0230. The molecule has 8 nitrogen and oxygen atoms in total. The van der Waals surface area contributed by atoms with E-state index in [0.717, 1.165) is 28.3 Å². The van der Waals surface area contributed by atoms with Crippen LogP contribution in [0.3, 0.4) is 0 Å². The van der Waals surface area contributed by atoms with Gasteiger partial charge in [0.05, 0.1) is 35.9 Å². The zero-order valence-corrected chi connectivity index (χ0v) is 23.4. The molecular formula is C30H31N5O3S. The maximum absolute atomic E-state index is 12.0. The van der Waals surface area contributed by atoms with Crippen molar-refractivity contribution in [2.24, 2.45) is 0 Å². The quantitative estimate of drug-likeness (QED) is 0.158. The van der Waals surface area contributed by atoms with Crippen LogP contribution < -0.4 is 15.0 Å². The maximum Gasteiger partial charge on any atom is 0.296 e. The van der Waals surface area contributed by atoms with E-state index in [-0.39, 0.29) is 22.7 Å². The van der Waals surface area contributed by atoms with Gasteiger partial charge in [0.15, 0.2) is 5.11 Å². The van der Waals surface area contributed by atoms with Gasteiger partial charge in [0.2, 0.25) is 0 Å². The Balaban J connectivity index is 1.68. The molecule has 0 spiro atoms. The van der Waals surface area contributed by atoms with E-state index >= 15 is 0 Å². The molecule has 1 aliphatic rings. The summed E-state index contributed by atoms with van der Waals surface area (Å²) in [6, 6.07) is 20.9. The summed E-state index contributed by atoms with van der Waals surface area (Å²) in [5.74, 6) is 0.851. The Morgan fingerprint density at radius 2 is 1.82 bits per heavy atom. The standard InChI is InChI=1S/C30H31N5O3S/c1-18(2)21-9-11-22(12-10-21)34-29(28(32-30(34)39)25-8-6-7-15-31-25)24-16-19(3)33(20(24)4)26-14-13-23(38-5)17-27(26)35(36)37/h6-18,28-29H,1-5H3,(H,32,39)/t28-,29-/m0/s1. The number of hydrogen-bond donors (Lipinski definition) is 1. The van der Waals surface area contributed by atoms with Crippen molar-refractivity contribution in [3.63, 3.8) is 0 Å². The highest BCUT2D eigenvalue weighted by atomic mass is 32.1. The molecule has 1 N–H and O–H groups in total. The Bertz CT molecular complexity index is 1530. The Kier molecular flexibility index (Phi) is 7.10. The van der Waals surface area contributed by atoms with Crippen molar-refractivity contribution in [1.29, 1.82) is 0 Å². The molecule has 0 unspecified atom stereocenters. The van der Waals surface area contributed by atoms with Crippen molar-refractivity contribution in [1.82, 2.24) is 14.9 Å². The highest BCUT2D eigenvalue weighted by Crippen LogP contribution is 2.44. The van der Waals surface area contributed by atoms with Crippen LogP contribution in [0.15, 0.2) is 72.9 Å². The number of nitro benzene ring substituents is 1. The molecule has 0 amide bonds. The lowest BCUT2D eigenvalue weighted by molar-refractivity contribution is -0.384. The number of nitrogens with zero attached hydrogens (tertiary/aromatic N) is 4. The minimum Gasteiger partial charge on any atom is -0.496 e. The number of pyridine rings is 1. The number of rotatable bonds is 7. The summed E-state index contributed by atoms with van der Waals surface area (Å²) >= 11 is 5.90. The largest absolute Gasteiger partial charge is 0.496 e. The van der Waals surface area contributed by atoms with Gasteiger partial charge in [0.1, 0.15) is 11.4 Å². The molecule has 2 atom stereocenters. The van der Waals surface area contributed by atoms with Crippen LogP contribution in [0, 0.1) is 24.0 Å². The second kappa shape index (κ2) is 10.5. The Morgan fingerprint density at radius 3 is 2.44 bits per heavy atom. The van der Waals surface area contributed by atoms with E-state index in [0.29, 0.717) is 22.5 Å². The first-order valence-corrected chi connectivity index (χ1v) is 13.2. The van der Waals surface area contributed by atoms with E-state index < -0.39 is 0 Å². The van der Waals surface area contributed by atoms with Crippen molar-refractivity contribution in [2.75, 3.05) is 12.0 Å². The SMILES string of the molecule is COc1ccc(-n2c(C)cc([C@H]3[C@H](c4ccccn4)NC(=S)N3c3ccc(C(C)C)cc3)c2C)c([N+](=O)[O-])c1. The summed E-state index contributed by atoms with van der Waals surface area (Å²) in [6.07, 6.45) is 1.78. The van der Waals surface area contributed by atoms with E-state index in [2.05, 4.69) is 59.4 Å². The molecule has 3 heterocycles. The van der Waals surface area contributed by atoms with Gasteiger partial charge in [-0.1, -0.05) is 32.0 Å². The molecular weight excluding hydrogens is 510 g/mol. The monoisotopic (exact) mass is 541 g/mol. The van der Waals surface area contributed by atoms with Gasteiger partial charge in [0, 0.05) is 23.3 Å². The van der Waals surface area contributed by atoms with E-state index in [1.54, 1.807) is 18.3 Å². The van der Waals surface area contributed by atoms with Crippen molar-refractivity contribution < 1.29 is 9.66 Å². The van der Waals surface area contributed by atoms with Crippen LogP contribution in [0.2, 0.25) is 0 Å². The van der Waals surface area contributed by atoms with Crippen LogP contribution in [-0.4, -0.2) is 26.7 Å². The van der Waals surface area contributed by atoms with Gasteiger partial charge in [-0.25, -0.2) is 0 Å². The van der Waals surface area contributed by atoms with Crippen molar-refractivity contribution in [2.45, 2.75) is 45.7 Å². The van der Waals surface area contributed by atoms with Gasteiger partial charge in [-0.05, 0) is 85.6 Å². The van der Waals surface area contributed by atoms with Crippen LogP contribution in [-0.2, 0) is 0 Å². The molecule has 2 aromatic heterocycles. The number of aryl methyl sites for hydroxylation is 1. The predicted octanol–water partition coefficient (Wildman–Crippen LogP) is 6.71. The van der Waals surface area contributed by atoms with E-state index in [9.17, 15) is 10.1 Å². The van der Waals surface area contributed by atoms with Gasteiger partial charge >= 0.3 is 0 Å². The Labute approximate surface area is 233 Å². The smallest absolute Gasteiger partial charge is 0.296 e. The summed E-state index contributed by atoms with van der Waals surface area (Å²) in [4.78, 5) is 18.4. The molecule has 0 saturated carbocycles. The van der Waals surface area contributed by atoms with Crippen molar-refractivity contribution in [3.8, 4) is 11.4 Å². The molecule has 1 aliphatic heterocycles. The molecule has 2 aromatic carbocycles.